The maximum absolute atomic E-state index is 9.85. The van der Waals surface area contributed by atoms with Crippen molar-refractivity contribution in [3.63, 3.8) is 0 Å². The second-order valence-corrected chi connectivity index (χ2v) is 3.88. The summed E-state index contributed by atoms with van der Waals surface area (Å²) in [5.74, 6) is 0.301. The molecule has 0 aromatic rings. The molecule has 0 bridgehead atoms. The summed E-state index contributed by atoms with van der Waals surface area (Å²) in [6, 6.07) is 0. The van der Waals surface area contributed by atoms with Gasteiger partial charge in [-0.05, 0) is 18.8 Å². The molecular weight excluding hydrogens is 196 g/mol. The van der Waals surface area contributed by atoms with E-state index < -0.39 is 6.10 Å². The number of aliphatic hydroxyl groups is 2. The highest BCUT2D eigenvalue weighted by Crippen LogP contribution is 2.29. The Hall–Kier alpha value is -0.420. The van der Waals surface area contributed by atoms with Crippen LogP contribution in [0.25, 0.3) is 0 Å². The summed E-state index contributed by atoms with van der Waals surface area (Å²) in [4.78, 5) is 0. The number of allylic oxidation sites excluding steroid dienone is 1. The van der Waals surface area contributed by atoms with Crippen molar-refractivity contribution in [2.75, 3.05) is 20.8 Å². The Morgan fingerprint density at radius 2 is 1.73 bits per heavy atom. The van der Waals surface area contributed by atoms with Gasteiger partial charge in [-0.2, -0.15) is 0 Å². The maximum Gasteiger partial charge on any atom is 0.106 e. The molecule has 1 aliphatic rings. The minimum absolute atomic E-state index is 0.0500. The highest BCUT2D eigenvalue weighted by molar-refractivity contribution is 4.97. The van der Waals surface area contributed by atoms with Crippen molar-refractivity contribution in [1.29, 1.82) is 0 Å². The predicted octanol–water partition coefficient (Wildman–Crippen LogP) is 0.336. The number of methoxy groups -OCH3 is 2. The SMILES string of the molecule is COC1CC(/C=C/CO)CC(OC)C1O. The van der Waals surface area contributed by atoms with Crippen LogP contribution in [-0.4, -0.2) is 49.4 Å². The van der Waals surface area contributed by atoms with Crippen molar-refractivity contribution >= 4 is 0 Å². The minimum Gasteiger partial charge on any atom is -0.392 e. The average molecular weight is 216 g/mol. The Morgan fingerprint density at radius 3 is 2.13 bits per heavy atom. The molecule has 0 aliphatic heterocycles. The van der Waals surface area contributed by atoms with E-state index in [0.717, 1.165) is 12.8 Å². The Morgan fingerprint density at radius 1 is 1.20 bits per heavy atom. The lowest BCUT2D eigenvalue weighted by Crippen LogP contribution is -2.45. The van der Waals surface area contributed by atoms with Crippen molar-refractivity contribution in [2.45, 2.75) is 31.2 Å². The van der Waals surface area contributed by atoms with Gasteiger partial charge in [0.05, 0.1) is 18.8 Å². The standard InChI is InChI=1S/C11H20O4/c1-14-9-6-8(4-3-5-12)7-10(15-2)11(9)13/h3-4,8-13H,5-7H2,1-2H3/b4-3+. The number of rotatable bonds is 4. The van der Waals surface area contributed by atoms with Crippen LogP contribution >= 0.6 is 0 Å². The highest BCUT2D eigenvalue weighted by atomic mass is 16.5. The first kappa shape index (κ1) is 12.6. The van der Waals surface area contributed by atoms with Crippen LogP contribution in [0.5, 0.6) is 0 Å². The lowest BCUT2D eigenvalue weighted by Gasteiger charge is -2.36. The predicted molar refractivity (Wildman–Crippen MR) is 56.6 cm³/mol. The largest absolute Gasteiger partial charge is 0.392 e. The van der Waals surface area contributed by atoms with Crippen molar-refractivity contribution < 1.29 is 19.7 Å². The summed E-state index contributed by atoms with van der Waals surface area (Å²) in [7, 11) is 3.19. The van der Waals surface area contributed by atoms with Gasteiger partial charge in [0.2, 0.25) is 0 Å². The number of ether oxygens (including phenoxy) is 2. The summed E-state index contributed by atoms with van der Waals surface area (Å²) in [5.41, 5.74) is 0. The van der Waals surface area contributed by atoms with Crippen LogP contribution in [0, 0.1) is 5.92 Å². The molecule has 4 heteroatoms. The molecule has 1 rings (SSSR count). The van der Waals surface area contributed by atoms with Crippen LogP contribution in [0.15, 0.2) is 12.2 Å². The van der Waals surface area contributed by atoms with Gasteiger partial charge < -0.3 is 19.7 Å². The summed E-state index contributed by atoms with van der Waals surface area (Å²) in [6.45, 7) is 0.0500. The van der Waals surface area contributed by atoms with E-state index >= 15 is 0 Å². The Labute approximate surface area is 90.5 Å². The van der Waals surface area contributed by atoms with E-state index in [9.17, 15) is 5.11 Å². The molecule has 0 amide bonds. The summed E-state index contributed by atoms with van der Waals surface area (Å²) >= 11 is 0. The monoisotopic (exact) mass is 216 g/mol. The lowest BCUT2D eigenvalue weighted by atomic mass is 9.83. The third kappa shape index (κ3) is 3.28. The molecule has 0 radical (unpaired) electrons. The van der Waals surface area contributed by atoms with Gasteiger partial charge in [0, 0.05) is 14.2 Å². The molecule has 1 aliphatic carbocycles. The number of aliphatic hydroxyl groups excluding tert-OH is 2. The van der Waals surface area contributed by atoms with E-state index in [1.54, 1.807) is 20.3 Å². The van der Waals surface area contributed by atoms with Crippen LogP contribution < -0.4 is 0 Å². The fraction of sp³-hybridized carbons (Fsp3) is 0.818. The third-order valence-corrected chi connectivity index (χ3v) is 2.95. The van der Waals surface area contributed by atoms with Crippen molar-refractivity contribution in [1.82, 2.24) is 0 Å². The molecule has 1 saturated carbocycles. The molecule has 0 aromatic heterocycles. The normalized spacial score (nSPS) is 37.3. The van der Waals surface area contributed by atoms with E-state index in [1.165, 1.54) is 0 Å². The van der Waals surface area contributed by atoms with Crippen LogP contribution in [-0.2, 0) is 9.47 Å². The molecule has 1 fully saturated rings. The van der Waals surface area contributed by atoms with Crippen molar-refractivity contribution in [2.24, 2.45) is 5.92 Å². The van der Waals surface area contributed by atoms with E-state index in [4.69, 9.17) is 14.6 Å². The molecule has 4 nitrogen and oxygen atoms in total. The second kappa shape index (κ2) is 6.23. The van der Waals surface area contributed by atoms with Crippen molar-refractivity contribution in [3.05, 3.63) is 12.2 Å². The molecule has 0 saturated heterocycles. The van der Waals surface area contributed by atoms with Gasteiger partial charge in [0.15, 0.2) is 0 Å². The zero-order valence-electron chi connectivity index (χ0n) is 9.30. The lowest BCUT2D eigenvalue weighted by molar-refractivity contribution is -0.121. The smallest absolute Gasteiger partial charge is 0.106 e. The molecule has 2 atom stereocenters. The third-order valence-electron chi connectivity index (χ3n) is 2.95. The molecule has 0 spiro atoms. The van der Waals surface area contributed by atoms with Crippen LogP contribution in [0.3, 0.4) is 0 Å². The van der Waals surface area contributed by atoms with Gasteiger partial charge >= 0.3 is 0 Å². The molecular formula is C11H20O4. The second-order valence-electron chi connectivity index (χ2n) is 3.88. The summed E-state index contributed by atoms with van der Waals surface area (Å²) in [5, 5.41) is 18.5. The quantitative estimate of drug-likeness (QED) is 0.665. The zero-order chi connectivity index (χ0) is 11.3. The molecule has 2 unspecified atom stereocenters. The van der Waals surface area contributed by atoms with E-state index in [0.29, 0.717) is 5.92 Å². The van der Waals surface area contributed by atoms with Crippen LogP contribution in [0.2, 0.25) is 0 Å². The highest BCUT2D eigenvalue weighted by Gasteiger charge is 2.35. The van der Waals surface area contributed by atoms with E-state index in [2.05, 4.69) is 0 Å². The zero-order valence-corrected chi connectivity index (χ0v) is 9.30. The van der Waals surface area contributed by atoms with Gasteiger partial charge in [-0.1, -0.05) is 12.2 Å². The fourth-order valence-corrected chi connectivity index (χ4v) is 2.09. The first-order valence-electron chi connectivity index (χ1n) is 5.24. The molecule has 2 N–H and O–H groups in total. The summed E-state index contributed by atoms with van der Waals surface area (Å²) in [6.07, 6.45) is 4.31. The van der Waals surface area contributed by atoms with Crippen LogP contribution in [0.1, 0.15) is 12.8 Å². The maximum atomic E-state index is 9.85. The fourth-order valence-electron chi connectivity index (χ4n) is 2.09. The Bertz CT molecular complexity index is 191. The van der Waals surface area contributed by atoms with Gasteiger partial charge in [-0.25, -0.2) is 0 Å². The van der Waals surface area contributed by atoms with Gasteiger partial charge in [0.25, 0.3) is 0 Å². The van der Waals surface area contributed by atoms with Crippen molar-refractivity contribution in [3.8, 4) is 0 Å². The van der Waals surface area contributed by atoms with E-state index in [1.807, 2.05) is 6.08 Å². The summed E-state index contributed by atoms with van der Waals surface area (Å²) < 4.78 is 10.4. The van der Waals surface area contributed by atoms with Crippen LogP contribution in [0.4, 0.5) is 0 Å². The molecule has 15 heavy (non-hydrogen) atoms. The van der Waals surface area contributed by atoms with Gasteiger partial charge in [-0.3, -0.25) is 0 Å². The molecule has 0 heterocycles. The van der Waals surface area contributed by atoms with E-state index in [-0.39, 0.29) is 18.8 Å². The van der Waals surface area contributed by atoms with Gasteiger partial charge in [0.1, 0.15) is 6.10 Å². The molecule has 88 valence electrons. The Balaban J connectivity index is 2.59. The minimum atomic E-state index is -0.557. The average Bonchev–Trinajstić information content (AvgIpc) is 2.27. The van der Waals surface area contributed by atoms with Gasteiger partial charge in [-0.15, -0.1) is 0 Å². The molecule has 0 aromatic carbocycles. The first-order chi connectivity index (χ1) is 7.22. The topological polar surface area (TPSA) is 58.9 Å². The Kier molecular flexibility index (Phi) is 5.25. The first-order valence-corrected chi connectivity index (χ1v) is 5.24. The number of hydrogen-bond acceptors (Lipinski definition) is 4. The number of hydrogen-bond donors (Lipinski definition) is 2.